The maximum Gasteiger partial charge on any atom is 0.417 e. The summed E-state index contributed by atoms with van der Waals surface area (Å²) in [6, 6.07) is 2.37. The normalized spacial score (nSPS) is 20.6. The van der Waals surface area contributed by atoms with Crippen molar-refractivity contribution in [2.45, 2.75) is 55.8 Å². The summed E-state index contributed by atoms with van der Waals surface area (Å²) < 4.78 is 68.6. The van der Waals surface area contributed by atoms with E-state index in [-0.39, 0.29) is 11.5 Å². The predicted octanol–water partition coefficient (Wildman–Crippen LogP) is 2.63. The standard InChI is InChI=1S/C18H21F3N4O3S/c1-10-14(9-23-17(22)24-10)11-2-7-15(18(19,20)21)16(8-11)29(27,28)25-12-3-5-13(26)6-4-12/h2,7-9,12-13,25-26H,3-6H2,1H3,(H2,22,23,24)/t12-,13-. The van der Waals surface area contributed by atoms with Gasteiger partial charge in [-0.3, -0.25) is 0 Å². The van der Waals surface area contributed by atoms with Crippen molar-refractivity contribution in [3.63, 3.8) is 0 Å². The van der Waals surface area contributed by atoms with Crippen molar-refractivity contribution in [3.8, 4) is 11.1 Å². The van der Waals surface area contributed by atoms with E-state index in [2.05, 4.69) is 14.7 Å². The van der Waals surface area contributed by atoms with Crippen molar-refractivity contribution >= 4 is 16.0 Å². The summed E-state index contributed by atoms with van der Waals surface area (Å²) in [6.07, 6.45) is -2.54. The number of aryl methyl sites for hydroxylation is 1. The average Bonchev–Trinajstić information content (AvgIpc) is 2.62. The molecule has 0 spiro atoms. The van der Waals surface area contributed by atoms with Gasteiger partial charge in [-0.1, -0.05) is 6.07 Å². The van der Waals surface area contributed by atoms with Gasteiger partial charge in [0.1, 0.15) is 0 Å². The molecule has 0 amide bonds. The Kier molecular flexibility index (Phi) is 5.84. The maximum absolute atomic E-state index is 13.5. The summed E-state index contributed by atoms with van der Waals surface area (Å²) in [5, 5.41) is 9.55. The molecule has 1 heterocycles. The van der Waals surface area contributed by atoms with Crippen molar-refractivity contribution in [1.82, 2.24) is 14.7 Å². The second kappa shape index (κ2) is 7.88. The van der Waals surface area contributed by atoms with E-state index in [9.17, 15) is 26.7 Å². The number of nitrogens with two attached hydrogens (primary N) is 1. The van der Waals surface area contributed by atoms with Gasteiger partial charge >= 0.3 is 6.18 Å². The van der Waals surface area contributed by atoms with Gasteiger partial charge in [0, 0.05) is 17.8 Å². The summed E-state index contributed by atoms with van der Waals surface area (Å²) >= 11 is 0. The van der Waals surface area contributed by atoms with E-state index in [1.165, 1.54) is 12.3 Å². The van der Waals surface area contributed by atoms with Gasteiger partial charge in [0.15, 0.2) is 0 Å². The molecule has 0 bridgehead atoms. The molecule has 0 aliphatic heterocycles. The number of nitrogens with zero attached hydrogens (tertiary/aromatic N) is 2. The second-order valence-electron chi connectivity index (χ2n) is 7.06. The highest BCUT2D eigenvalue weighted by Crippen LogP contribution is 2.37. The van der Waals surface area contributed by atoms with Crippen LogP contribution in [-0.4, -0.2) is 35.6 Å². The molecular weight excluding hydrogens is 409 g/mol. The minimum atomic E-state index is -4.85. The topological polar surface area (TPSA) is 118 Å². The van der Waals surface area contributed by atoms with E-state index in [1.807, 2.05) is 0 Å². The summed E-state index contributed by atoms with van der Waals surface area (Å²) in [5.41, 5.74) is 5.28. The van der Waals surface area contributed by atoms with E-state index in [0.29, 0.717) is 36.9 Å². The highest BCUT2D eigenvalue weighted by molar-refractivity contribution is 7.89. The van der Waals surface area contributed by atoms with Crippen LogP contribution in [0.15, 0.2) is 29.3 Å². The highest BCUT2D eigenvalue weighted by Gasteiger charge is 2.38. The van der Waals surface area contributed by atoms with Crippen molar-refractivity contribution in [1.29, 1.82) is 0 Å². The molecule has 0 atom stereocenters. The maximum atomic E-state index is 13.5. The molecule has 1 saturated carbocycles. The molecule has 29 heavy (non-hydrogen) atoms. The number of benzene rings is 1. The monoisotopic (exact) mass is 430 g/mol. The van der Waals surface area contributed by atoms with E-state index < -0.39 is 38.8 Å². The Labute approximate surface area is 166 Å². The van der Waals surface area contributed by atoms with Crippen LogP contribution in [0.25, 0.3) is 11.1 Å². The molecule has 1 aromatic heterocycles. The Bertz CT molecular complexity index is 1000. The lowest BCUT2D eigenvalue weighted by Crippen LogP contribution is -2.39. The average molecular weight is 430 g/mol. The first-order valence-electron chi connectivity index (χ1n) is 8.98. The largest absolute Gasteiger partial charge is 0.417 e. The zero-order valence-electron chi connectivity index (χ0n) is 15.6. The smallest absolute Gasteiger partial charge is 0.393 e. The van der Waals surface area contributed by atoms with Crippen LogP contribution in [0.5, 0.6) is 0 Å². The van der Waals surface area contributed by atoms with Crippen LogP contribution in [0.3, 0.4) is 0 Å². The number of alkyl halides is 3. The number of rotatable bonds is 4. The van der Waals surface area contributed by atoms with Gasteiger partial charge in [-0.15, -0.1) is 0 Å². The Balaban J connectivity index is 2.04. The third kappa shape index (κ3) is 4.85. The molecule has 7 nitrogen and oxygen atoms in total. The zero-order chi connectivity index (χ0) is 21.4. The lowest BCUT2D eigenvalue weighted by atomic mass is 9.94. The number of aliphatic hydroxyl groups is 1. The number of halogens is 3. The first kappa shape index (κ1) is 21.5. The molecule has 0 unspecified atom stereocenters. The third-order valence-corrected chi connectivity index (χ3v) is 6.46. The molecule has 1 aliphatic rings. The zero-order valence-corrected chi connectivity index (χ0v) is 16.4. The molecular formula is C18H21F3N4O3S. The Hall–Kier alpha value is -2.24. The Morgan fingerprint density at radius 1 is 1.21 bits per heavy atom. The molecule has 0 saturated heterocycles. The lowest BCUT2D eigenvalue weighted by molar-refractivity contribution is -0.139. The summed E-state index contributed by atoms with van der Waals surface area (Å²) in [7, 11) is -4.46. The molecule has 1 aliphatic carbocycles. The fourth-order valence-corrected chi connectivity index (χ4v) is 4.95. The van der Waals surface area contributed by atoms with Crippen LogP contribution in [0, 0.1) is 6.92 Å². The van der Waals surface area contributed by atoms with Crippen molar-refractivity contribution in [2.24, 2.45) is 0 Å². The molecule has 3 rings (SSSR count). The Morgan fingerprint density at radius 2 is 1.86 bits per heavy atom. The van der Waals surface area contributed by atoms with Crippen molar-refractivity contribution in [3.05, 3.63) is 35.7 Å². The molecule has 11 heteroatoms. The number of aliphatic hydroxyl groups excluding tert-OH is 1. The predicted molar refractivity (Wildman–Crippen MR) is 100 cm³/mol. The second-order valence-corrected chi connectivity index (χ2v) is 8.75. The van der Waals surface area contributed by atoms with Crippen LogP contribution in [-0.2, 0) is 16.2 Å². The quantitative estimate of drug-likeness (QED) is 0.686. The first-order valence-corrected chi connectivity index (χ1v) is 10.5. The molecule has 2 aromatic rings. The van der Waals surface area contributed by atoms with E-state index in [0.717, 1.165) is 12.1 Å². The number of nitrogen functional groups attached to an aromatic ring is 1. The van der Waals surface area contributed by atoms with E-state index in [1.54, 1.807) is 6.92 Å². The van der Waals surface area contributed by atoms with Crippen LogP contribution < -0.4 is 10.5 Å². The van der Waals surface area contributed by atoms with Crippen LogP contribution in [0.1, 0.15) is 36.9 Å². The number of hydrogen-bond acceptors (Lipinski definition) is 6. The van der Waals surface area contributed by atoms with Crippen molar-refractivity contribution < 1.29 is 26.7 Å². The van der Waals surface area contributed by atoms with Gasteiger partial charge in [-0.2, -0.15) is 13.2 Å². The Morgan fingerprint density at radius 3 is 2.45 bits per heavy atom. The fourth-order valence-electron chi connectivity index (χ4n) is 3.39. The summed E-state index contributed by atoms with van der Waals surface area (Å²) in [6.45, 7) is 1.60. The van der Waals surface area contributed by atoms with Crippen LogP contribution >= 0.6 is 0 Å². The molecule has 4 N–H and O–H groups in total. The van der Waals surface area contributed by atoms with Gasteiger partial charge in [-0.25, -0.2) is 23.1 Å². The van der Waals surface area contributed by atoms with Gasteiger partial charge in [-0.05, 0) is 50.3 Å². The van der Waals surface area contributed by atoms with E-state index >= 15 is 0 Å². The van der Waals surface area contributed by atoms with Crippen LogP contribution in [0.2, 0.25) is 0 Å². The lowest BCUT2D eigenvalue weighted by Gasteiger charge is -2.26. The molecule has 0 radical (unpaired) electrons. The third-order valence-electron chi connectivity index (χ3n) is 4.90. The number of hydrogen-bond donors (Lipinski definition) is 3. The van der Waals surface area contributed by atoms with Gasteiger partial charge in [0.05, 0.1) is 22.3 Å². The minimum absolute atomic E-state index is 0.00663. The fraction of sp³-hybridized carbons (Fsp3) is 0.444. The van der Waals surface area contributed by atoms with E-state index in [4.69, 9.17) is 5.73 Å². The molecule has 1 fully saturated rings. The number of aromatic nitrogens is 2. The molecule has 1 aromatic carbocycles. The summed E-state index contributed by atoms with van der Waals surface area (Å²) in [5.74, 6) is 0.00663. The molecule has 158 valence electrons. The summed E-state index contributed by atoms with van der Waals surface area (Å²) in [4.78, 5) is 6.95. The van der Waals surface area contributed by atoms with Gasteiger partial charge in [0.25, 0.3) is 0 Å². The van der Waals surface area contributed by atoms with Gasteiger partial charge in [0.2, 0.25) is 16.0 Å². The first-order chi connectivity index (χ1) is 13.5. The number of sulfonamides is 1. The number of anilines is 1. The number of nitrogens with one attached hydrogen (secondary N) is 1. The van der Waals surface area contributed by atoms with Gasteiger partial charge < -0.3 is 10.8 Å². The minimum Gasteiger partial charge on any atom is -0.393 e. The van der Waals surface area contributed by atoms with Crippen molar-refractivity contribution in [2.75, 3.05) is 5.73 Å². The highest BCUT2D eigenvalue weighted by atomic mass is 32.2. The van der Waals surface area contributed by atoms with Crippen LogP contribution in [0.4, 0.5) is 19.1 Å². The SMILES string of the molecule is Cc1nc(N)ncc1-c1ccc(C(F)(F)F)c(S(=O)(=O)N[C@H]2CC[C@H](O)CC2)c1.